The Balaban J connectivity index is 2.13. The van der Waals surface area contributed by atoms with E-state index in [4.69, 9.17) is 5.73 Å². The van der Waals surface area contributed by atoms with E-state index in [0.29, 0.717) is 5.92 Å². The molecular formula is C13H20N2O. The molecule has 1 aromatic rings. The molecule has 0 saturated carbocycles. The average molecular weight is 220 g/mol. The van der Waals surface area contributed by atoms with E-state index in [1.807, 2.05) is 25.1 Å². The van der Waals surface area contributed by atoms with Crippen LogP contribution in [0.4, 0.5) is 11.4 Å². The van der Waals surface area contributed by atoms with Crippen LogP contribution in [0.1, 0.15) is 19.8 Å². The van der Waals surface area contributed by atoms with E-state index < -0.39 is 0 Å². The van der Waals surface area contributed by atoms with E-state index in [-0.39, 0.29) is 6.10 Å². The molecule has 1 aromatic carbocycles. The quantitative estimate of drug-likeness (QED) is 0.748. The van der Waals surface area contributed by atoms with Crippen LogP contribution in [0.2, 0.25) is 0 Å². The van der Waals surface area contributed by atoms with E-state index in [2.05, 4.69) is 11.0 Å². The van der Waals surface area contributed by atoms with Gasteiger partial charge in [-0.15, -0.1) is 0 Å². The van der Waals surface area contributed by atoms with Crippen LogP contribution in [-0.4, -0.2) is 24.3 Å². The number of piperidine rings is 1. The molecule has 1 aliphatic rings. The third kappa shape index (κ3) is 2.30. The molecule has 0 bridgehead atoms. The van der Waals surface area contributed by atoms with Crippen LogP contribution >= 0.6 is 0 Å². The second-order valence-electron chi connectivity index (χ2n) is 4.65. The fourth-order valence-corrected chi connectivity index (χ4v) is 2.40. The third-order valence-corrected chi connectivity index (χ3v) is 3.42. The Kier molecular flexibility index (Phi) is 3.34. The van der Waals surface area contributed by atoms with Crippen molar-refractivity contribution < 1.29 is 5.11 Å². The van der Waals surface area contributed by atoms with Gasteiger partial charge in [-0.25, -0.2) is 0 Å². The highest BCUT2D eigenvalue weighted by Crippen LogP contribution is 2.28. The zero-order chi connectivity index (χ0) is 11.5. The van der Waals surface area contributed by atoms with Gasteiger partial charge in [0.1, 0.15) is 0 Å². The van der Waals surface area contributed by atoms with Crippen molar-refractivity contribution in [3.8, 4) is 0 Å². The van der Waals surface area contributed by atoms with Crippen LogP contribution in [0.25, 0.3) is 0 Å². The average Bonchev–Trinajstić information content (AvgIpc) is 2.30. The molecule has 3 heteroatoms. The van der Waals surface area contributed by atoms with Gasteiger partial charge >= 0.3 is 0 Å². The van der Waals surface area contributed by atoms with Crippen molar-refractivity contribution in [1.29, 1.82) is 0 Å². The maximum atomic E-state index is 9.65. The number of hydrogen-bond donors (Lipinski definition) is 2. The van der Waals surface area contributed by atoms with Gasteiger partial charge in [0, 0.05) is 19.0 Å². The molecule has 16 heavy (non-hydrogen) atoms. The molecule has 2 rings (SSSR count). The summed E-state index contributed by atoms with van der Waals surface area (Å²) in [5.74, 6) is 0.369. The van der Waals surface area contributed by atoms with Crippen molar-refractivity contribution in [2.75, 3.05) is 23.7 Å². The van der Waals surface area contributed by atoms with Crippen LogP contribution in [0, 0.1) is 5.92 Å². The third-order valence-electron chi connectivity index (χ3n) is 3.42. The van der Waals surface area contributed by atoms with Crippen molar-refractivity contribution in [2.24, 2.45) is 5.92 Å². The summed E-state index contributed by atoms with van der Waals surface area (Å²) in [6.07, 6.45) is 2.01. The zero-order valence-electron chi connectivity index (χ0n) is 9.76. The van der Waals surface area contributed by atoms with Gasteiger partial charge in [-0.3, -0.25) is 0 Å². The molecule has 0 spiro atoms. The maximum Gasteiger partial charge on any atom is 0.0600 e. The van der Waals surface area contributed by atoms with E-state index in [0.717, 1.165) is 37.3 Å². The number of anilines is 2. The minimum absolute atomic E-state index is 0.229. The summed E-state index contributed by atoms with van der Waals surface area (Å²) in [4.78, 5) is 2.29. The minimum atomic E-state index is -0.229. The van der Waals surface area contributed by atoms with Gasteiger partial charge in [-0.2, -0.15) is 0 Å². The highest BCUT2D eigenvalue weighted by atomic mass is 16.3. The summed E-state index contributed by atoms with van der Waals surface area (Å²) >= 11 is 0. The summed E-state index contributed by atoms with van der Waals surface area (Å²) in [6.45, 7) is 3.83. The lowest BCUT2D eigenvalue weighted by molar-refractivity contribution is 0.115. The number of nitrogen functional groups attached to an aromatic ring is 1. The first-order valence-electron chi connectivity index (χ1n) is 5.96. The van der Waals surface area contributed by atoms with E-state index in [1.165, 1.54) is 0 Å². The van der Waals surface area contributed by atoms with Crippen molar-refractivity contribution in [3.63, 3.8) is 0 Å². The van der Waals surface area contributed by atoms with Crippen molar-refractivity contribution in [1.82, 2.24) is 0 Å². The largest absolute Gasteiger partial charge is 0.397 e. The Morgan fingerprint density at radius 3 is 2.88 bits per heavy atom. The molecule has 1 saturated heterocycles. The molecule has 0 amide bonds. The van der Waals surface area contributed by atoms with Crippen LogP contribution in [-0.2, 0) is 0 Å². The van der Waals surface area contributed by atoms with E-state index in [9.17, 15) is 5.11 Å². The number of para-hydroxylation sites is 2. The van der Waals surface area contributed by atoms with Crippen LogP contribution in [0.3, 0.4) is 0 Å². The Hall–Kier alpha value is -1.22. The van der Waals surface area contributed by atoms with Crippen molar-refractivity contribution in [2.45, 2.75) is 25.9 Å². The highest BCUT2D eigenvalue weighted by molar-refractivity contribution is 5.67. The number of hydrogen-bond acceptors (Lipinski definition) is 3. The SMILES string of the molecule is C[C@H](O)[C@H]1CCCN(c2ccccc2N)C1. The lowest BCUT2D eigenvalue weighted by atomic mass is 9.93. The molecule has 3 nitrogen and oxygen atoms in total. The normalized spacial score (nSPS) is 23.1. The second-order valence-corrected chi connectivity index (χ2v) is 4.65. The van der Waals surface area contributed by atoms with Gasteiger partial charge in [-0.05, 0) is 31.9 Å². The summed E-state index contributed by atoms with van der Waals surface area (Å²) in [7, 11) is 0. The number of nitrogens with zero attached hydrogens (tertiary/aromatic N) is 1. The standard InChI is InChI=1S/C13H20N2O/c1-10(16)11-5-4-8-15(9-11)13-7-3-2-6-12(13)14/h2-3,6-7,10-11,16H,4-5,8-9,14H2,1H3/t10-,11-/m0/s1. The Morgan fingerprint density at radius 1 is 1.44 bits per heavy atom. The Bertz CT molecular complexity index is 352. The fourth-order valence-electron chi connectivity index (χ4n) is 2.40. The van der Waals surface area contributed by atoms with Crippen LogP contribution < -0.4 is 10.6 Å². The molecule has 0 aromatic heterocycles. The maximum absolute atomic E-state index is 9.65. The van der Waals surface area contributed by atoms with Gasteiger partial charge < -0.3 is 15.7 Å². The first kappa shape index (κ1) is 11.3. The van der Waals surface area contributed by atoms with E-state index >= 15 is 0 Å². The van der Waals surface area contributed by atoms with Crippen LogP contribution in [0.15, 0.2) is 24.3 Å². The minimum Gasteiger partial charge on any atom is -0.397 e. The second kappa shape index (κ2) is 4.74. The topological polar surface area (TPSA) is 49.5 Å². The molecule has 1 aliphatic heterocycles. The predicted octanol–water partition coefficient (Wildman–Crippen LogP) is 1.87. The predicted molar refractivity (Wildman–Crippen MR) is 67.5 cm³/mol. The number of nitrogens with two attached hydrogens (primary N) is 1. The molecule has 2 atom stereocenters. The lowest BCUT2D eigenvalue weighted by Crippen LogP contribution is -2.39. The first-order valence-corrected chi connectivity index (χ1v) is 5.96. The van der Waals surface area contributed by atoms with Gasteiger partial charge in [0.2, 0.25) is 0 Å². The molecule has 0 aliphatic carbocycles. The monoisotopic (exact) mass is 220 g/mol. The summed E-state index contributed by atoms with van der Waals surface area (Å²) in [6, 6.07) is 7.95. The molecule has 0 radical (unpaired) electrons. The molecule has 1 heterocycles. The van der Waals surface area contributed by atoms with Gasteiger partial charge in [-0.1, -0.05) is 12.1 Å². The first-order chi connectivity index (χ1) is 7.68. The summed E-state index contributed by atoms with van der Waals surface area (Å²) < 4.78 is 0. The molecule has 3 N–H and O–H groups in total. The van der Waals surface area contributed by atoms with Gasteiger partial charge in [0.05, 0.1) is 17.5 Å². The number of rotatable bonds is 2. The highest BCUT2D eigenvalue weighted by Gasteiger charge is 2.24. The number of benzene rings is 1. The molecular weight excluding hydrogens is 200 g/mol. The molecule has 1 fully saturated rings. The fraction of sp³-hybridized carbons (Fsp3) is 0.538. The molecule has 0 unspecified atom stereocenters. The van der Waals surface area contributed by atoms with Crippen molar-refractivity contribution in [3.05, 3.63) is 24.3 Å². The van der Waals surface area contributed by atoms with Crippen molar-refractivity contribution >= 4 is 11.4 Å². The van der Waals surface area contributed by atoms with Gasteiger partial charge in [0.15, 0.2) is 0 Å². The number of aliphatic hydroxyl groups excluding tert-OH is 1. The van der Waals surface area contributed by atoms with E-state index in [1.54, 1.807) is 0 Å². The Morgan fingerprint density at radius 2 is 2.19 bits per heavy atom. The summed E-state index contributed by atoms with van der Waals surface area (Å²) in [5, 5.41) is 9.65. The summed E-state index contributed by atoms with van der Waals surface area (Å²) in [5.41, 5.74) is 7.90. The van der Waals surface area contributed by atoms with Gasteiger partial charge in [0.25, 0.3) is 0 Å². The number of aliphatic hydroxyl groups is 1. The van der Waals surface area contributed by atoms with Crippen LogP contribution in [0.5, 0.6) is 0 Å². The zero-order valence-corrected chi connectivity index (χ0v) is 9.76. The molecule has 88 valence electrons. The lowest BCUT2D eigenvalue weighted by Gasteiger charge is -2.36. The Labute approximate surface area is 96.9 Å². The smallest absolute Gasteiger partial charge is 0.0600 e.